The van der Waals surface area contributed by atoms with Gasteiger partial charge in [-0.1, -0.05) is 31.0 Å². The molecule has 0 saturated heterocycles. The fraction of sp³-hybridized carbons (Fsp3) is 0.478. The Balaban J connectivity index is 1.42. The number of hydrogen-bond donors (Lipinski definition) is 1. The first kappa shape index (κ1) is 18.9. The number of fused-ring (bicyclic) bond motifs is 1. The van der Waals surface area contributed by atoms with E-state index in [1.54, 1.807) is 14.2 Å². The number of ether oxygens (including phenoxy) is 4. The molecule has 5 heteroatoms. The van der Waals surface area contributed by atoms with E-state index in [-0.39, 0.29) is 11.5 Å². The summed E-state index contributed by atoms with van der Waals surface area (Å²) in [4.78, 5) is 0. The van der Waals surface area contributed by atoms with Gasteiger partial charge in [0.15, 0.2) is 23.0 Å². The Morgan fingerprint density at radius 2 is 1.75 bits per heavy atom. The van der Waals surface area contributed by atoms with Gasteiger partial charge >= 0.3 is 0 Å². The second kappa shape index (κ2) is 8.31. The van der Waals surface area contributed by atoms with E-state index in [2.05, 4.69) is 17.4 Å². The molecule has 0 radical (unpaired) electrons. The normalized spacial score (nSPS) is 20.0. The highest BCUT2D eigenvalue weighted by Gasteiger charge is 2.36. The molecule has 0 spiro atoms. The Kier molecular flexibility index (Phi) is 5.62. The van der Waals surface area contributed by atoms with Gasteiger partial charge in [-0.2, -0.15) is 0 Å². The van der Waals surface area contributed by atoms with E-state index in [9.17, 15) is 0 Å². The molecule has 2 aromatic carbocycles. The zero-order valence-electron chi connectivity index (χ0n) is 16.7. The van der Waals surface area contributed by atoms with E-state index >= 15 is 0 Å². The van der Waals surface area contributed by atoms with Crippen molar-refractivity contribution in [2.45, 2.75) is 37.2 Å². The molecule has 2 aliphatic rings. The first-order valence-electron chi connectivity index (χ1n) is 10.1. The topological polar surface area (TPSA) is 49.0 Å². The van der Waals surface area contributed by atoms with Gasteiger partial charge in [-0.3, -0.25) is 0 Å². The molecule has 0 aromatic heterocycles. The average molecular weight is 383 g/mol. The number of methoxy groups -OCH3 is 2. The highest BCUT2D eigenvalue weighted by Crippen LogP contribution is 2.43. The van der Waals surface area contributed by atoms with Crippen LogP contribution in [0.3, 0.4) is 0 Å². The van der Waals surface area contributed by atoms with E-state index in [0.29, 0.717) is 6.61 Å². The molecule has 1 saturated carbocycles. The minimum Gasteiger partial charge on any atom is -0.493 e. The number of para-hydroxylation sites is 2. The molecule has 1 heterocycles. The smallest absolute Gasteiger partial charge is 0.161 e. The van der Waals surface area contributed by atoms with Gasteiger partial charge in [-0.15, -0.1) is 0 Å². The predicted octanol–water partition coefficient (Wildman–Crippen LogP) is 3.95. The van der Waals surface area contributed by atoms with E-state index in [0.717, 1.165) is 36.1 Å². The number of rotatable bonds is 7. The molecule has 4 rings (SSSR count). The number of nitrogens with one attached hydrogen (secondary N) is 1. The monoisotopic (exact) mass is 383 g/mol. The van der Waals surface area contributed by atoms with Gasteiger partial charge in [0.25, 0.3) is 0 Å². The van der Waals surface area contributed by atoms with Gasteiger partial charge in [0.2, 0.25) is 0 Å². The van der Waals surface area contributed by atoms with Crippen molar-refractivity contribution in [3.63, 3.8) is 0 Å². The molecule has 1 aliphatic carbocycles. The maximum Gasteiger partial charge on any atom is 0.161 e. The molecule has 28 heavy (non-hydrogen) atoms. The van der Waals surface area contributed by atoms with Gasteiger partial charge in [0.05, 0.1) is 14.2 Å². The minimum absolute atomic E-state index is 0.0266. The Labute approximate surface area is 166 Å². The van der Waals surface area contributed by atoms with Crippen molar-refractivity contribution in [1.82, 2.24) is 5.32 Å². The summed E-state index contributed by atoms with van der Waals surface area (Å²) >= 11 is 0. The van der Waals surface area contributed by atoms with Crippen LogP contribution in [0.4, 0.5) is 0 Å². The van der Waals surface area contributed by atoms with Crippen LogP contribution in [0.15, 0.2) is 42.5 Å². The third kappa shape index (κ3) is 3.76. The molecule has 1 N–H and O–H groups in total. The quantitative estimate of drug-likeness (QED) is 0.785. The molecule has 0 bridgehead atoms. The van der Waals surface area contributed by atoms with Crippen molar-refractivity contribution in [3.8, 4) is 23.0 Å². The standard InChI is InChI=1S/C23H29NO4/c1-25-19-10-9-17(13-22(19)26-2)23(11-5-6-12-23)16-24-14-18-15-27-20-7-3-4-8-21(20)28-18/h3-4,7-10,13,18,24H,5-6,11-12,14-16H2,1-2H3/t18-/m1/s1. The first-order chi connectivity index (χ1) is 13.7. The van der Waals surface area contributed by atoms with E-state index in [4.69, 9.17) is 18.9 Å². The van der Waals surface area contributed by atoms with Crippen LogP contribution < -0.4 is 24.3 Å². The summed E-state index contributed by atoms with van der Waals surface area (Å²) in [5.74, 6) is 3.23. The Morgan fingerprint density at radius 3 is 2.50 bits per heavy atom. The Morgan fingerprint density at radius 1 is 1.00 bits per heavy atom. The second-order valence-electron chi connectivity index (χ2n) is 7.69. The molecule has 2 aromatic rings. The zero-order chi connectivity index (χ0) is 19.4. The second-order valence-corrected chi connectivity index (χ2v) is 7.69. The lowest BCUT2D eigenvalue weighted by molar-refractivity contribution is 0.0891. The van der Waals surface area contributed by atoms with Crippen molar-refractivity contribution in [1.29, 1.82) is 0 Å². The molecule has 1 fully saturated rings. The highest BCUT2D eigenvalue weighted by molar-refractivity contribution is 5.46. The summed E-state index contributed by atoms with van der Waals surface area (Å²) in [6, 6.07) is 14.2. The van der Waals surface area contributed by atoms with Gasteiger partial charge in [0.1, 0.15) is 12.7 Å². The fourth-order valence-corrected chi connectivity index (χ4v) is 4.42. The number of hydrogen-bond acceptors (Lipinski definition) is 5. The molecular weight excluding hydrogens is 354 g/mol. The Bertz CT molecular complexity index is 801. The molecule has 0 amide bonds. The third-order valence-corrected chi connectivity index (χ3v) is 5.96. The Hall–Kier alpha value is -2.40. The molecular formula is C23H29NO4. The van der Waals surface area contributed by atoms with Crippen molar-refractivity contribution >= 4 is 0 Å². The van der Waals surface area contributed by atoms with Gasteiger partial charge < -0.3 is 24.3 Å². The van der Waals surface area contributed by atoms with Gasteiger partial charge in [-0.05, 0) is 42.7 Å². The summed E-state index contributed by atoms with van der Waals surface area (Å²) in [5.41, 5.74) is 1.45. The molecule has 5 nitrogen and oxygen atoms in total. The zero-order valence-corrected chi connectivity index (χ0v) is 16.7. The van der Waals surface area contributed by atoms with Crippen LogP contribution in [0.2, 0.25) is 0 Å². The van der Waals surface area contributed by atoms with Crippen LogP contribution >= 0.6 is 0 Å². The first-order valence-corrected chi connectivity index (χ1v) is 10.1. The van der Waals surface area contributed by atoms with Crippen molar-refractivity contribution in [2.75, 3.05) is 33.9 Å². The number of benzene rings is 2. The molecule has 0 unspecified atom stereocenters. The minimum atomic E-state index is 0.0266. The summed E-state index contributed by atoms with van der Waals surface area (Å²) < 4.78 is 22.8. The van der Waals surface area contributed by atoms with Gasteiger partial charge in [0, 0.05) is 18.5 Å². The third-order valence-electron chi connectivity index (χ3n) is 5.96. The summed E-state index contributed by atoms with van der Waals surface area (Å²) in [6.45, 7) is 2.26. The largest absolute Gasteiger partial charge is 0.493 e. The maximum atomic E-state index is 6.08. The SMILES string of the molecule is COc1ccc(C2(CNC[C@@H]3COc4ccccc4O3)CCCC2)cc1OC. The predicted molar refractivity (Wildman–Crippen MR) is 109 cm³/mol. The maximum absolute atomic E-state index is 6.08. The van der Waals surface area contributed by atoms with Crippen LogP contribution in [0, 0.1) is 0 Å². The molecule has 1 atom stereocenters. The van der Waals surface area contributed by atoms with Crippen LogP contribution in [0.25, 0.3) is 0 Å². The summed E-state index contributed by atoms with van der Waals surface area (Å²) in [6.07, 6.45) is 4.90. The fourth-order valence-electron chi connectivity index (χ4n) is 4.42. The molecule has 150 valence electrons. The average Bonchev–Trinajstić information content (AvgIpc) is 3.23. The van der Waals surface area contributed by atoms with E-state index in [1.807, 2.05) is 30.3 Å². The van der Waals surface area contributed by atoms with Crippen LogP contribution in [-0.4, -0.2) is 40.0 Å². The van der Waals surface area contributed by atoms with Gasteiger partial charge in [-0.25, -0.2) is 0 Å². The van der Waals surface area contributed by atoms with Crippen molar-refractivity contribution in [3.05, 3.63) is 48.0 Å². The molecule has 1 aliphatic heterocycles. The lowest BCUT2D eigenvalue weighted by Crippen LogP contribution is -2.43. The highest BCUT2D eigenvalue weighted by atomic mass is 16.6. The van der Waals surface area contributed by atoms with Crippen molar-refractivity contribution < 1.29 is 18.9 Å². The van der Waals surface area contributed by atoms with Crippen LogP contribution in [0.1, 0.15) is 31.2 Å². The van der Waals surface area contributed by atoms with Crippen LogP contribution in [0.5, 0.6) is 23.0 Å². The lowest BCUT2D eigenvalue weighted by atomic mass is 9.78. The van der Waals surface area contributed by atoms with E-state index in [1.165, 1.54) is 31.2 Å². The summed E-state index contributed by atoms with van der Waals surface area (Å²) in [5, 5.41) is 3.66. The van der Waals surface area contributed by atoms with Crippen LogP contribution in [-0.2, 0) is 5.41 Å². The van der Waals surface area contributed by atoms with Crippen molar-refractivity contribution in [2.24, 2.45) is 0 Å². The van der Waals surface area contributed by atoms with E-state index < -0.39 is 0 Å². The summed E-state index contributed by atoms with van der Waals surface area (Å²) in [7, 11) is 3.37. The lowest BCUT2D eigenvalue weighted by Gasteiger charge is -2.32.